The molecule has 0 radical (unpaired) electrons. The maximum absolute atomic E-state index is 12.1. The first kappa shape index (κ1) is 14.2. The predicted molar refractivity (Wildman–Crippen MR) is 77.7 cm³/mol. The Kier molecular flexibility index (Phi) is 4.14. The van der Waals surface area contributed by atoms with Crippen molar-refractivity contribution in [3.05, 3.63) is 51.5 Å². The van der Waals surface area contributed by atoms with E-state index in [1.807, 2.05) is 19.2 Å². The van der Waals surface area contributed by atoms with Crippen LogP contribution in [0.4, 0.5) is 0 Å². The second-order valence-electron chi connectivity index (χ2n) is 4.47. The molecule has 1 atom stereocenters. The topological polar surface area (TPSA) is 85.1 Å². The van der Waals surface area contributed by atoms with Crippen molar-refractivity contribution in [2.75, 3.05) is 0 Å². The Morgan fingerprint density at radius 1 is 1.35 bits per heavy atom. The lowest BCUT2D eigenvalue weighted by Crippen LogP contribution is -2.27. The Morgan fingerprint density at radius 3 is 2.65 bits per heavy atom. The molecule has 1 heterocycles. The lowest BCUT2D eigenvalue weighted by atomic mass is 10.1. The van der Waals surface area contributed by atoms with E-state index in [0.717, 1.165) is 10.7 Å². The van der Waals surface area contributed by atoms with Crippen LogP contribution < -0.4 is 11.1 Å². The number of thiazole rings is 1. The molecule has 20 heavy (non-hydrogen) atoms. The maximum atomic E-state index is 12.1. The Balaban J connectivity index is 2.12. The molecule has 0 aliphatic rings. The fourth-order valence-corrected chi connectivity index (χ4v) is 2.53. The van der Waals surface area contributed by atoms with Gasteiger partial charge in [-0.3, -0.25) is 9.59 Å². The quantitative estimate of drug-likeness (QED) is 0.903. The summed E-state index contributed by atoms with van der Waals surface area (Å²) in [6.45, 7) is 3.78. The Hall–Kier alpha value is -2.21. The van der Waals surface area contributed by atoms with Crippen LogP contribution in [0.2, 0.25) is 0 Å². The largest absolute Gasteiger partial charge is 0.366 e. The average molecular weight is 289 g/mol. The summed E-state index contributed by atoms with van der Waals surface area (Å²) in [6.07, 6.45) is 0. The highest BCUT2D eigenvalue weighted by Gasteiger charge is 2.14. The highest BCUT2D eigenvalue weighted by Crippen LogP contribution is 2.18. The van der Waals surface area contributed by atoms with Gasteiger partial charge in [-0.2, -0.15) is 0 Å². The van der Waals surface area contributed by atoms with Gasteiger partial charge in [0, 0.05) is 22.2 Å². The van der Waals surface area contributed by atoms with E-state index in [1.54, 1.807) is 18.2 Å². The molecule has 2 rings (SSSR count). The van der Waals surface area contributed by atoms with E-state index in [-0.39, 0.29) is 11.9 Å². The van der Waals surface area contributed by atoms with Crippen molar-refractivity contribution < 1.29 is 9.59 Å². The van der Waals surface area contributed by atoms with Gasteiger partial charge < -0.3 is 11.1 Å². The van der Waals surface area contributed by atoms with Crippen molar-refractivity contribution in [2.24, 2.45) is 5.73 Å². The zero-order valence-electron chi connectivity index (χ0n) is 11.2. The van der Waals surface area contributed by atoms with Gasteiger partial charge in [0.1, 0.15) is 5.01 Å². The lowest BCUT2D eigenvalue weighted by molar-refractivity contribution is 0.0940. The number of benzene rings is 1. The van der Waals surface area contributed by atoms with Crippen molar-refractivity contribution in [1.82, 2.24) is 10.3 Å². The van der Waals surface area contributed by atoms with Crippen LogP contribution in [0.3, 0.4) is 0 Å². The number of hydrogen-bond acceptors (Lipinski definition) is 4. The van der Waals surface area contributed by atoms with E-state index in [1.165, 1.54) is 17.4 Å². The van der Waals surface area contributed by atoms with Crippen molar-refractivity contribution in [1.29, 1.82) is 0 Å². The van der Waals surface area contributed by atoms with E-state index >= 15 is 0 Å². The monoisotopic (exact) mass is 289 g/mol. The summed E-state index contributed by atoms with van der Waals surface area (Å²) in [6, 6.07) is 6.15. The van der Waals surface area contributed by atoms with Crippen molar-refractivity contribution >= 4 is 23.2 Å². The molecule has 0 saturated heterocycles. The average Bonchev–Trinajstić information content (AvgIpc) is 2.85. The van der Waals surface area contributed by atoms with E-state index < -0.39 is 5.91 Å². The van der Waals surface area contributed by atoms with Gasteiger partial charge in [-0.15, -0.1) is 11.3 Å². The van der Waals surface area contributed by atoms with Crippen LogP contribution in [0.25, 0.3) is 0 Å². The second-order valence-corrected chi connectivity index (χ2v) is 5.36. The van der Waals surface area contributed by atoms with E-state index in [0.29, 0.717) is 11.1 Å². The van der Waals surface area contributed by atoms with E-state index in [2.05, 4.69) is 10.3 Å². The number of nitrogens with one attached hydrogen (secondary N) is 1. The summed E-state index contributed by atoms with van der Waals surface area (Å²) in [5.41, 5.74) is 6.85. The molecular weight excluding hydrogens is 274 g/mol. The first-order valence-electron chi connectivity index (χ1n) is 6.10. The summed E-state index contributed by atoms with van der Waals surface area (Å²) in [5.74, 6) is -0.809. The van der Waals surface area contributed by atoms with Crippen LogP contribution >= 0.6 is 11.3 Å². The SMILES string of the molecule is Cc1csc(C(C)NC(=O)c2cccc(C(N)=O)c2)n1. The summed E-state index contributed by atoms with van der Waals surface area (Å²) in [5, 5.41) is 5.63. The van der Waals surface area contributed by atoms with Gasteiger partial charge in [-0.05, 0) is 32.0 Å². The third-order valence-electron chi connectivity index (χ3n) is 2.76. The van der Waals surface area contributed by atoms with Gasteiger partial charge in [-0.25, -0.2) is 4.98 Å². The fourth-order valence-electron chi connectivity index (χ4n) is 1.73. The van der Waals surface area contributed by atoms with Crippen LogP contribution in [-0.2, 0) is 0 Å². The smallest absolute Gasteiger partial charge is 0.251 e. The molecule has 3 N–H and O–H groups in total. The molecule has 5 nitrogen and oxygen atoms in total. The van der Waals surface area contributed by atoms with Gasteiger partial charge in [0.25, 0.3) is 5.91 Å². The molecule has 0 bridgehead atoms. The molecule has 1 aromatic heterocycles. The number of carbonyl (C=O) groups is 2. The standard InChI is InChI=1S/C14H15N3O2S/c1-8-7-20-14(16-8)9(2)17-13(19)11-5-3-4-10(6-11)12(15)18/h3-7,9H,1-2H3,(H2,15,18)(H,17,19). The summed E-state index contributed by atoms with van der Waals surface area (Å²) >= 11 is 1.50. The predicted octanol–water partition coefficient (Wildman–Crippen LogP) is 2.04. The number of rotatable bonds is 4. The number of aromatic nitrogens is 1. The molecule has 2 amide bonds. The molecule has 0 aliphatic carbocycles. The van der Waals surface area contributed by atoms with E-state index in [9.17, 15) is 9.59 Å². The highest BCUT2D eigenvalue weighted by atomic mass is 32.1. The molecule has 0 spiro atoms. The van der Waals surface area contributed by atoms with Gasteiger partial charge >= 0.3 is 0 Å². The number of aryl methyl sites for hydroxylation is 1. The second kappa shape index (κ2) is 5.83. The molecular formula is C14H15N3O2S. The first-order valence-corrected chi connectivity index (χ1v) is 6.98. The molecule has 1 aromatic carbocycles. The number of amides is 2. The molecule has 0 saturated carbocycles. The Morgan fingerprint density at radius 2 is 2.05 bits per heavy atom. The fraction of sp³-hybridized carbons (Fsp3) is 0.214. The van der Waals surface area contributed by atoms with Crippen molar-refractivity contribution in [2.45, 2.75) is 19.9 Å². The minimum absolute atomic E-state index is 0.182. The third kappa shape index (κ3) is 3.21. The van der Waals surface area contributed by atoms with Crippen LogP contribution in [0, 0.1) is 6.92 Å². The zero-order chi connectivity index (χ0) is 14.7. The number of primary amides is 1. The zero-order valence-corrected chi connectivity index (χ0v) is 12.0. The van der Waals surface area contributed by atoms with Crippen LogP contribution in [0.5, 0.6) is 0 Å². The van der Waals surface area contributed by atoms with Gasteiger partial charge in [0.05, 0.1) is 6.04 Å². The third-order valence-corrected chi connectivity index (χ3v) is 3.91. The maximum Gasteiger partial charge on any atom is 0.251 e. The first-order chi connectivity index (χ1) is 9.47. The lowest BCUT2D eigenvalue weighted by Gasteiger charge is -2.11. The molecule has 1 unspecified atom stereocenters. The van der Waals surface area contributed by atoms with Gasteiger partial charge in [-0.1, -0.05) is 6.07 Å². The van der Waals surface area contributed by atoms with Crippen LogP contribution in [-0.4, -0.2) is 16.8 Å². The molecule has 104 valence electrons. The van der Waals surface area contributed by atoms with Gasteiger partial charge in [0.15, 0.2) is 0 Å². The van der Waals surface area contributed by atoms with Gasteiger partial charge in [0.2, 0.25) is 5.91 Å². The van der Waals surface area contributed by atoms with E-state index in [4.69, 9.17) is 5.73 Å². The normalized spacial score (nSPS) is 11.9. The number of hydrogen-bond donors (Lipinski definition) is 2. The minimum Gasteiger partial charge on any atom is -0.366 e. The summed E-state index contributed by atoms with van der Waals surface area (Å²) < 4.78 is 0. The molecule has 2 aromatic rings. The van der Waals surface area contributed by atoms with Crippen molar-refractivity contribution in [3.63, 3.8) is 0 Å². The Labute approximate surface area is 120 Å². The van der Waals surface area contributed by atoms with Crippen LogP contribution in [0.1, 0.15) is 44.4 Å². The molecule has 0 aliphatic heterocycles. The Bertz CT molecular complexity index is 651. The molecule has 6 heteroatoms. The van der Waals surface area contributed by atoms with Crippen molar-refractivity contribution in [3.8, 4) is 0 Å². The number of nitrogens with zero attached hydrogens (tertiary/aromatic N) is 1. The number of nitrogens with two attached hydrogens (primary N) is 1. The van der Waals surface area contributed by atoms with Crippen LogP contribution in [0.15, 0.2) is 29.6 Å². The summed E-state index contributed by atoms with van der Waals surface area (Å²) in [4.78, 5) is 27.6. The number of carbonyl (C=O) groups excluding carboxylic acids is 2. The summed E-state index contributed by atoms with van der Waals surface area (Å²) in [7, 11) is 0. The highest BCUT2D eigenvalue weighted by molar-refractivity contribution is 7.09. The minimum atomic E-state index is -0.553. The molecule has 0 fully saturated rings.